The van der Waals surface area contributed by atoms with Crippen LogP contribution in [-0.4, -0.2) is 54.0 Å². The zero-order valence-electron chi connectivity index (χ0n) is 28.7. The number of hydrogen-bond donors (Lipinski definition) is 1. The maximum atomic E-state index is 13.0. The fourth-order valence-corrected chi connectivity index (χ4v) is 9.70. The van der Waals surface area contributed by atoms with Crippen molar-refractivity contribution >= 4 is 46.8 Å². The first kappa shape index (κ1) is 36.2. The molecule has 3 aliphatic rings. The number of carboxylic acid groups (broad SMARTS) is 1. The average Bonchev–Trinajstić information content (AvgIpc) is 3.47. The van der Waals surface area contributed by atoms with Crippen LogP contribution in [0, 0.1) is 23.2 Å². The Morgan fingerprint density at radius 2 is 1.68 bits per heavy atom. The van der Waals surface area contributed by atoms with Gasteiger partial charge in [0.15, 0.2) is 0 Å². The van der Waals surface area contributed by atoms with E-state index in [1.807, 2.05) is 42.5 Å². The minimum absolute atomic E-state index is 0.174. The number of nitrogens with zero attached hydrogens (tertiary/aromatic N) is 1. The van der Waals surface area contributed by atoms with Crippen LogP contribution in [-0.2, 0) is 27.2 Å². The summed E-state index contributed by atoms with van der Waals surface area (Å²) in [5.41, 5.74) is 5.03. The van der Waals surface area contributed by atoms with E-state index in [9.17, 15) is 19.5 Å². The molecule has 1 unspecified atom stereocenters. The summed E-state index contributed by atoms with van der Waals surface area (Å²) in [6, 6.07) is 23.3. The Balaban J connectivity index is 1.05. The van der Waals surface area contributed by atoms with Crippen LogP contribution in [0.5, 0.6) is 5.75 Å². The van der Waals surface area contributed by atoms with Gasteiger partial charge in [-0.05, 0) is 128 Å². The molecule has 0 saturated heterocycles. The van der Waals surface area contributed by atoms with E-state index in [0.29, 0.717) is 53.7 Å². The van der Waals surface area contributed by atoms with Gasteiger partial charge in [0.2, 0.25) is 6.10 Å². The predicted molar refractivity (Wildman–Crippen MR) is 196 cm³/mol. The molecule has 0 bridgehead atoms. The molecule has 2 fully saturated rings. The Morgan fingerprint density at radius 3 is 2.38 bits per heavy atom. The molecule has 0 radical (unpaired) electrons. The van der Waals surface area contributed by atoms with Crippen LogP contribution >= 0.6 is 23.2 Å². The molecule has 2 saturated carbocycles. The van der Waals surface area contributed by atoms with Crippen LogP contribution < -0.4 is 9.64 Å². The topological polar surface area (TPSA) is 93.1 Å². The number of anilines is 1. The van der Waals surface area contributed by atoms with Gasteiger partial charge in [0.25, 0.3) is 0 Å². The number of aliphatic carboxylic acids is 1. The largest absolute Gasteiger partial charge is 0.478 e. The summed E-state index contributed by atoms with van der Waals surface area (Å²) in [6.45, 7) is 3.68. The Bertz CT molecular complexity index is 1640. The zero-order chi connectivity index (χ0) is 35.3. The van der Waals surface area contributed by atoms with Crippen LogP contribution in [0.2, 0.25) is 0 Å². The SMILES string of the molecule is C[C@]12CC[C@@H]3c4ccc(OC(=O)c5ccccc5)cc4CC[C@H]3[C@@H]1CC[C@@H]2C(OC(=O)CCCc1ccc(N(CCCl)CCCl)cc1)C(=O)O. The van der Waals surface area contributed by atoms with Gasteiger partial charge >= 0.3 is 17.9 Å². The number of fused-ring (bicyclic) bond motifs is 5. The van der Waals surface area contributed by atoms with Gasteiger partial charge < -0.3 is 19.5 Å². The lowest BCUT2D eigenvalue weighted by atomic mass is 9.53. The van der Waals surface area contributed by atoms with E-state index in [1.165, 1.54) is 11.1 Å². The first-order valence-corrected chi connectivity index (χ1v) is 19.1. The molecule has 7 nitrogen and oxygen atoms in total. The van der Waals surface area contributed by atoms with Crippen molar-refractivity contribution in [1.29, 1.82) is 0 Å². The highest BCUT2D eigenvalue weighted by Gasteiger charge is 2.58. The van der Waals surface area contributed by atoms with Crippen LogP contribution in [0.15, 0.2) is 72.8 Å². The van der Waals surface area contributed by atoms with E-state index in [-0.39, 0.29) is 23.7 Å². The highest BCUT2D eigenvalue weighted by Crippen LogP contribution is 2.64. The molecule has 0 spiro atoms. The maximum absolute atomic E-state index is 13.0. The maximum Gasteiger partial charge on any atom is 0.345 e. The third-order valence-corrected chi connectivity index (χ3v) is 12.1. The highest BCUT2D eigenvalue weighted by molar-refractivity contribution is 6.18. The van der Waals surface area contributed by atoms with Gasteiger partial charge in [0, 0.05) is 42.9 Å². The fourth-order valence-electron chi connectivity index (χ4n) is 9.29. The summed E-state index contributed by atoms with van der Waals surface area (Å²) in [5.74, 6) is 0.727. The number of alkyl halides is 2. The number of carboxylic acids is 1. The van der Waals surface area contributed by atoms with Crippen molar-refractivity contribution < 1.29 is 29.0 Å². The van der Waals surface area contributed by atoms with E-state index in [2.05, 4.69) is 30.0 Å². The number of benzene rings is 3. The molecule has 3 aromatic carbocycles. The van der Waals surface area contributed by atoms with Gasteiger partial charge in [-0.1, -0.05) is 43.3 Å². The molecule has 0 aromatic heterocycles. The van der Waals surface area contributed by atoms with E-state index in [4.69, 9.17) is 32.7 Å². The number of rotatable bonds is 14. The molecule has 0 aliphatic heterocycles. The van der Waals surface area contributed by atoms with Gasteiger partial charge in [-0.2, -0.15) is 0 Å². The highest BCUT2D eigenvalue weighted by atomic mass is 35.5. The summed E-state index contributed by atoms with van der Waals surface area (Å²) in [4.78, 5) is 40.5. The van der Waals surface area contributed by atoms with Crippen molar-refractivity contribution in [2.24, 2.45) is 23.2 Å². The summed E-state index contributed by atoms with van der Waals surface area (Å²) in [6.07, 6.45) is 5.74. The molecule has 3 aliphatic carbocycles. The molecule has 3 aromatic rings. The second-order valence-corrected chi connectivity index (χ2v) is 15.1. The number of carbonyl (C=O) groups is 3. The third-order valence-electron chi connectivity index (χ3n) is 11.7. The van der Waals surface area contributed by atoms with Crippen molar-refractivity contribution in [3.63, 3.8) is 0 Å². The lowest BCUT2D eigenvalue weighted by molar-refractivity contribution is -0.172. The quantitative estimate of drug-likeness (QED) is 0.101. The minimum atomic E-state index is -1.14. The zero-order valence-corrected chi connectivity index (χ0v) is 30.2. The Kier molecular flexibility index (Phi) is 11.7. The van der Waals surface area contributed by atoms with Gasteiger partial charge in [-0.15, -0.1) is 23.2 Å². The molecule has 1 N–H and O–H groups in total. The van der Waals surface area contributed by atoms with E-state index in [1.54, 1.807) is 12.1 Å². The van der Waals surface area contributed by atoms with Crippen molar-refractivity contribution in [1.82, 2.24) is 0 Å². The molecule has 266 valence electrons. The normalized spacial score (nSPS) is 24.3. The summed E-state index contributed by atoms with van der Waals surface area (Å²) < 4.78 is 11.5. The number of aryl methyl sites for hydroxylation is 2. The van der Waals surface area contributed by atoms with Gasteiger partial charge in [0.1, 0.15) is 5.75 Å². The first-order chi connectivity index (χ1) is 24.2. The van der Waals surface area contributed by atoms with Crippen molar-refractivity contribution in [2.75, 3.05) is 29.7 Å². The third kappa shape index (κ3) is 7.84. The molecule has 6 atom stereocenters. The van der Waals surface area contributed by atoms with E-state index >= 15 is 0 Å². The average molecular weight is 721 g/mol. The van der Waals surface area contributed by atoms with Crippen molar-refractivity contribution in [2.45, 2.75) is 76.7 Å². The number of hydrogen-bond acceptors (Lipinski definition) is 6. The van der Waals surface area contributed by atoms with Crippen LogP contribution in [0.25, 0.3) is 0 Å². The standard InChI is InChI=1S/C41H47Cl2NO6/c1-41-21-20-33-32-17-15-31(49-40(48)28-7-3-2-4-8-28)26-29(32)12-16-34(33)35(41)18-19-36(41)38(39(46)47)50-37(45)9-5-6-27-10-13-30(14-11-27)44(24-22-42)25-23-43/h2-4,7-8,10-11,13-15,17,26,33-36,38H,5-6,9,12,16,18-25H2,1H3,(H,46,47)/t33-,34-,35+,36-,38?,41+/m1/s1. The molecule has 0 heterocycles. The summed E-state index contributed by atoms with van der Waals surface area (Å²) in [5, 5.41) is 10.3. The first-order valence-electron chi connectivity index (χ1n) is 18.0. The molecule has 9 heteroatoms. The number of halogens is 2. The lowest BCUT2D eigenvalue weighted by Crippen LogP contribution is -2.47. The number of carbonyl (C=O) groups excluding carboxylic acids is 2. The summed E-state index contributed by atoms with van der Waals surface area (Å²) in [7, 11) is 0. The fraction of sp³-hybridized carbons (Fsp3) is 0.488. The van der Waals surface area contributed by atoms with E-state index in [0.717, 1.165) is 62.9 Å². The van der Waals surface area contributed by atoms with Crippen LogP contribution in [0.4, 0.5) is 5.69 Å². The molecule has 6 rings (SSSR count). The number of ether oxygens (including phenoxy) is 2. The lowest BCUT2D eigenvalue weighted by Gasteiger charge is -2.51. The summed E-state index contributed by atoms with van der Waals surface area (Å²) >= 11 is 11.9. The smallest absolute Gasteiger partial charge is 0.345 e. The van der Waals surface area contributed by atoms with Gasteiger partial charge in [-0.25, -0.2) is 9.59 Å². The second-order valence-electron chi connectivity index (χ2n) is 14.4. The predicted octanol–water partition coefficient (Wildman–Crippen LogP) is 8.68. The second kappa shape index (κ2) is 16.2. The van der Waals surface area contributed by atoms with Crippen molar-refractivity contribution in [3.8, 4) is 5.75 Å². The molecular weight excluding hydrogens is 673 g/mol. The van der Waals surface area contributed by atoms with Crippen LogP contribution in [0.3, 0.4) is 0 Å². The van der Waals surface area contributed by atoms with Crippen molar-refractivity contribution in [3.05, 3.63) is 95.1 Å². The Hall–Kier alpha value is -3.55. The van der Waals surface area contributed by atoms with Crippen LogP contribution in [0.1, 0.15) is 84.8 Å². The monoisotopic (exact) mass is 719 g/mol. The Labute approximate surface area is 305 Å². The molecule has 50 heavy (non-hydrogen) atoms. The molecule has 0 amide bonds. The Morgan fingerprint density at radius 1 is 0.940 bits per heavy atom. The van der Waals surface area contributed by atoms with Gasteiger partial charge in [0.05, 0.1) is 5.56 Å². The number of esters is 2. The van der Waals surface area contributed by atoms with E-state index < -0.39 is 18.0 Å². The molecular formula is C41H47Cl2NO6. The minimum Gasteiger partial charge on any atom is -0.478 e. The van der Waals surface area contributed by atoms with Gasteiger partial charge in [-0.3, -0.25) is 4.79 Å².